The normalized spacial score (nSPS) is 15.7. The molecule has 4 heteroatoms. The standard InChI is InChI=1S/C11H15N3O/c12-11(15)9-4-5-10(14-7-9)13-6-8-2-1-3-8/h4-5,7-8H,1-3,6H2,(H2,12,15)(H,13,14). The van der Waals surface area contributed by atoms with E-state index >= 15 is 0 Å². The average molecular weight is 205 g/mol. The molecule has 2 rings (SSSR count). The maximum atomic E-state index is 10.8. The number of aromatic nitrogens is 1. The highest BCUT2D eigenvalue weighted by Gasteiger charge is 2.16. The van der Waals surface area contributed by atoms with Crippen LogP contribution in [0.5, 0.6) is 0 Å². The number of pyridine rings is 1. The molecule has 1 aliphatic carbocycles. The van der Waals surface area contributed by atoms with E-state index in [9.17, 15) is 4.79 Å². The van der Waals surface area contributed by atoms with Crippen molar-refractivity contribution in [2.24, 2.45) is 11.7 Å². The Morgan fingerprint density at radius 1 is 1.53 bits per heavy atom. The topological polar surface area (TPSA) is 68.0 Å². The van der Waals surface area contributed by atoms with E-state index in [4.69, 9.17) is 5.73 Å². The minimum atomic E-state index is -0.437. The van der Waals surface area contributed by atoms with Crippen molar-refractivity contribution in [2.75, 3.05) is 11.9 Å². The molecule has 0 unspecified atom stereocenters. The van der Waals surface area contributed by atoms with E-state index in [-0.39, 0.29) is 0 Å². The molecule has 0 radical (unpaired) electrons. The van der Waals surface area contributed by atoms with Crippen molar-refractivity contribution in [3.8, 4) is 0 Å². The first-order chi connectivity index (χ1) is 7.25. The molecule has 1 aromatic heterocycles. The number of nitrogens with zero attached hydrogens (tertiary/aromatic N) is 1. The van der Waals surface area contributed by atoms with Gasteiger partial charge in [0, 0.05) is 12.7 Å². The van der Waals surface area contributed by atoms with Gasteiger partial charge < -0.3 is 11.1 Å². The predicted octanol–water partition coefficient (Wildman–Crippen LogP) is 1.39. The Bertz CT molecular complexity index is 343. The lowest BCUT2D eigenvalue weighted by molar-refractivity contribution is 0.1000. The Morgan fingerprint density at radius 2 is 2.33 bits per heavy atom. The van der Waals surface area contributed by atoms with Crippen molar-refractivity contribution in [3.63, 3.8) is 0 Å². The lowest BCUT2D eigenvalue weighted by atomic mass is 9.85. The monoisotopic (exact) mass is 205 g/mol. The average Bonchev–Trinajstić information content (AvgIpc) is 2.16. The van der Waals surface area contributed by atoms with Gasteiger partial charge in [-0.2, -0.15) is 0 Å². The van der Waals surface area contributed by atoms with Crippen LogP contribution in [0, 0.1) is 5.92 Å². The molecule has 4 nitrogen and oxygen atoms in total. The zero-order valence-electron chi connectivity index (χ0n) is 8.57. The number of nitrogens with two attached hydrogens (primary N) is 1. The Labute approximate surface area is 88.9 Å². The fourth-order valence-corrected chi connectivity index (χ4v) is 1.59. The van der Waals surface area contributed by atoms with Crippen LogP contribution in [0.3, 0.4) is 0 Å². The molecular weight excluding hydrogens is 190 g/mol. The molecule has 0 atom stereocenters. The van der Waals surface area contributed by atoms with Gasteiger partial charge in [-0.25, -0.2) is 4.98 Å². The molecule has 0 bridgehead atoms. The Balaban J connectivity index is 1.88. The molecule has 1 fully saturated rings. The van der Waals surface area contributed by atoms with Crippen molar-refractivity contribution in [2.45, 2.75) is 19.3 Å². The first-order valence-electron chi connectivity index (χ1n) is 5.25. The van der Waals surface area contributed by atoms with Crippen LogP contribution in [-0.2, 0) is 0 Å². The predicted molar refractivity (Wildman–Crippen MR) is 58.6 cm³/mol. The third-order valence-electron chi connectivity index (χ3n) is 2.84. The number of hydrogen-bond acceptors (Lipinski definition) is 3. The van der Waals surface area contributed by atoms with E-state index < -0.39 is 5.91 Å². The molecule has 0 aliphatic heterocycles. The van der Waals surface area contributed by atoms with Gasteiger partial charge in [-0.3, -0.25) is 4.79 Å². The van der Waals surface area contributed by atoms with E-state index in [2.05, 4.69) is 10.3 Å². The second-order valence-corrected chi connectivity index (χ2v) is 3.97. The molecule has 1 aromatic rings. The molecule has 0 aromatic carbocycles. The summed E-state index contributed by atoms with van der Waals surface area (Å²) >= 11 is 0. The number of carbonyl (C=O) groups is 1. The SMILES string of the molecule is NC(=O)c1ccc(NCC2CCC2)nc1. The minimum Gasteiger partial charge on any atom is -0.370 e. The molecule has 0 saturated heterocycles. The largest absolute Gasteiger partial charge is 0.370 e. The first-order valence-corrected chi connectivity index (χ1v) is 5.25. The first kappa shape index (κ1) is 9.96. The molecule has 1 heterocycles. The van der Waals surface area contributed by atoms with E-state index in [0.717, 1.165) is 18.3 Å². The minimum absolute atomic E-state index is 0.437. The van der Waals surface area contributed by atoms with Crippen LogP contribution < -0.4 is 11.1 Å². The van der Waals surface area contributed by atoms with Gasteiger partial charge in [-0.05, 0) is 30.9 Å². The van der Waals surface area contributed by atoms with E-state index in [1.807, 2.05) is 0 Å². The fourth-order valence-electron chi connectivity index (χ4n) is 1.59. The number of primary amides is 1. The summed E-state index contributed by atoms with van der Waals surface area (Å²) in [5.41, 5.74) is 5.57. The van der Waals surface area contributed by atoms with Gasteiger partial charge in [0.1, 0.15) is 5.82 Å². The van der Waals surface area contributed by atoms with Crippen molar-refractivity contribution in [1.82, 2.24) is 4.98 Å². The number of carbonyl (C=O) groups excluding carboxylic acids is 1. The van der Waals surface area contributed by atoms with E-state index in [1.165, 1.54) is 25.5 Å². The molecule has 0 spiro atoms. The van der Waals surface area contributed by atoms with Gasteiger partial charge in [0.05, 0.1) is 5.56 Å². The van der Waals surface area contributed by atoms with Crippen LogP contribution >= 0.6 is 0 Å². The van der Waals surface area contributed by atoms with E-state index in [0.29, 0.717) is 5.56 Å². The van der Waals surface area contributed by atoms with E-state index in [1.54, 1.807) is 12.1 Å². The number of nitrogens with one attached hydrogen (secondary N) is 1. The summed E-state index contributed by atoms with van der Waals surface area (Å²) in [5, 5.41) is 3.25. The Kier molecular flexibility index (Phi) is 2.85. The van der Waals surface area contributed by atoms with Gasteiger partial charge in [-0.1, -0.05) is 6.42 Å². The second-order valence-electron chi connectivity index (χ2n) is 3.97. The Morgan fingerprint density at radius 3 is 2.80 bits per heavy atom. The summed E-state index contributed by atoms with van der Waals surface area (Å²) in [5.74, 6) is 1.17. The number of rotatable bonds is 4. The molecule has 80 valence electrons. The molecular formula is C11H15N3O. The summed E-state index contributed by atoms with van der Waals surface area (Å²) in [4.78, 5) is 14.9. The van der Waals surface area contributed by atoms with Gasteiger partial charge >= 0.3 is 0 Å². The van der Waals surface area contributed by atoms with Crippen LogP contribution in [0.15, 0.2) is 18.3 Å². The zero-order chi connectivity index (χ0) is 10.7. The zero-order valence-corrected chi connectivity index (χ0v) is 8.57. The summed E-state index contributed by atoms with van der Waals surface area (Å²) < 4.78 is 0. The molecule has 1 aliphatic rings. The quantitative estimate of drug-likeness (QED) is 0.780. The van der Waals surface area contributed by atoms with Crippen LogP contribution in [0.1, 0.15) is 29.6 Å². The second kappa shape index (κ2) is 4.29. The highest BCUT2D eigenvalue weighted by atomic mass is 16.1. The molecule has 1 amide bonds. The Hall–Kier alpha value is -1.58. The van der Waals surface area contributed by atoms with Gasteiger partial charge in [0.25, 0.3) is 0 Å². The third-order valence-corrected chi connectivity index (χ3v) is 2.84. The van der Waals surface area contributed by atoms with Crippen molar-refractivity contribution in [1.29, 1.82) is 0 Å². The van der Waals surface area contributed by atoms with Crippen LogP contribution in [0.2, 0.25) is 0 Å². The molecule has 15 heavy (non-hydrogen) atoms. The molecule has 1 saturated carbocycles. The third kappa shape index (κ3) is 2.46. The maximum Gasteiger partial charge on any atom is 0.250 e. The van der Waals surface area contributed by atoms with Gasteiger partial charge in [0.15, 0.2) is 0 Å². The number of anilines is 1. The highest BCUT2D eigenvalue weighted by molar-refractivity contribution is 5.92. The maximum absolute atomic E-state index is 10.8. The van der Waals surface area contributed by atoms with Crippen molar-refractivity contribution in [3.05, 3.63) is 23.9 Å². The molecule has 3 N–H and O–H groups in total. The van der Waals surface area contributed by atoms with Crippen LogP contribution in [0.4, 0.5) is 5.82 Å². The fraction of sp³-hybridized carbons (Fsp3) is 0.455. The summed E-state index contributed by atoms with van der Waals surface area (Å²) in [6.07, 6.45) is 5.48. The summed E-state index contributed by atoms with van der Waals surface area (Å²) in [7, 11) is 0. The van der Waals surface area contributed by atoms with Gasteiger partial charge in [0.2, 0.25) is 5.91 Å². The smallest absolute Gasteiger partial charge is 0.250 e. The summed E-state index contributed by atoms with van der Waals surface area (Å²) in [6.45, 7) is 0.975. The van der Waals surface area contributed by atoms with Crippen LogP contribution in [-0.4, -0.2) is 17.4 Å². The number of hydrogen-bond donors (Lipinski definition) is 2. The van der Waals surface area contributed by atoms with Crippen molar-refractivity contribution < 1.29 is 4.79 Å². The van der Waals surface area contributed by atoms with Gasteiger partial charge in [-0.15, -0.1) is 0 Å². The lowest BCUT2D eigenvalue weighted by Gasteiger charge is -2.25. The highest BCUT2D eigenvalue weighted by Crippen LogP contribution is 2.26. The van der Waals surface area contributed by atoms with Crippen molar-refractivity contribution >= 4 is 11.7 Å². The number of amides is 1. The van der Waals surface area contributed by atoms with Crippen LogP contribution in [0.25, 0.3) is 0 Å². The lowest BCUT2D eigenvalue weighted by Crippen LogP contribution is -2.21. The summed E-state index contributed by atoms with van der Waals surface area (Å²) in [6, 6.07) is 3.48.